The summed E-state index contributed by atoms with van der Waals surface area (Å²) in [4.78, 5) is 12.5. The summed E-state index contributed by atoms with van der Waals surface area (Å²) in [5.74, 6) is 0.417. The maximum atomic E-state index is 12.5. The van der Waals surface area contributed by atoms with E-state index in [1.54, 1.807) is 19.9 Å². The lowest BCUT2D eigenvalue weighted by atomic mass is 9.90. The lowest BCUT2D eigenvalue weighted by Crippen LogP contribution is -2.51. The first-order chi connectivity index (χ1) is 12.2. The van der Waals surface area contributed by atoms with Gasteiger partial charge in [0.2, 0.25) is 5.91 Å². The topological polar surface area (TPSA) is 83.6 Å². The van der Waals surface area contributed by atoms with E-state index in [1.807, 2.05) is 43.7 Å². The monoisotopic (exact) mass is 391 g/mol. The molecule has 0 radical (unpaired) electrons. The lowest BCUT2D eigenvalue weighted by Gasteiger charge is -2.28. The minimum atomic E-state index is -0.908. The molecule has 0 bridgehead atoms. The Kier molecular flexibility index (Phi) is 6.32. The molecule has 0 aliphatic rings. The average molecular weight is 392 g/mol. The van der Waals surface area contributed by atoms with Gasteiger partial charge < -0.3 is 9.88 Å². The zero-order valence-electron chi connectivity index (χ0n) is 15.4. The van der Waals surface area contributed by atoms with Gasteiger partial charge in [-0.3, -0.25) is 4.79 Å². The van der Waals surface area contributed by atoms with Gasteiger partial charge in [-0.1, -0.05) is 49.3 Å². The van der Waals surface area contributed by atoms with Gasteiger partial charge in [0.15, 0.2) is 11.0 Å². The van der Waals surface area contributed by atoms with Crippen LogP contribution in [0.2, 0.25) is 5.02 Å². The van der Waals surface area contributed by atoms with Crippen molar-refractivity contribution in [2.75, 3.05) is 0 Å². The van der Waals surface area contributed by atoms with Crippen LogP contribution < -0.4 is 5.32 Å². The number of aromatic nitrogens is 3. The van der Waals surface area contributed by atoms with E-state index < -0.39 is 10.8 Å². The summed E-state index contributed by atoms with van der Waals surface area (Å²) in [6, 6.07) is 9.58. The zero-order chi connectivity index (χ0) is 19.5. The fraction of sp³-hybridized carbons (Fsp3) is 0.444. The predicted molar refractivity (Wildman–Crippen MR) is 104 cm³/mol. The first-order valence-electron chi connectivity index (χ1n) is 8.23. The van der Waals surface area contributed by atoms with Crippen molar-refractivity contribution in [1.82, 2.24) is 20.1 Å². The number of carbonyl (C=O) groups excluding carboxylic acids is 1. The molecule has 1 N–H and O–H groups in total. The largest absolute Gasteiger partial charge is 0.337 e. The van der Waals surface area contributed by atoms with Crippen molar-refractivity contribution in [3.63, 3.8) is 0 Å². The van der Waals surface area contributed by atoms with Gasteiger partial charge in [0, 0.05) is 12.6 Å². The third kappa shape index (κ3) is 4.19. The van der Waals surface area contributed by atoms with E-state index in [-0.39, 0.29) is 11.8 Å². The summed E-state index contributed by atoms with van der Waals surface area (Å²) < 4.78 is 1.81. The minimum Gasteiger partial charge on any atom is -0.337 e. The maximum absolute atomic E-state index is 12.5. The number of hydrogen-bond acceptors (Lipinski definition) is 5. The van der Waals surface area contributed by atoms with Crippen LogP contribution in [0.5, 0.6) is 0 Å². The molecule has 0 saturated carbocycles. The molecular weight excluding hydrogens is 370 g/mol. The van der Waals surface area contributed by atoms with Crippen molar-refractivity contribution in [2.24, 2.45) is 13.0 Å². The van der Waals surface area contributed by atoms with Crippen molar-refractivity contribution in [2.45, 2.75) is 43.6 Å². The highest BCUT2D eigenvalue weighted by atomic mass is 35.5. The van der Waals surface area contributed by atoms with Crippen LogP contribution in [0.4, 0.5) is 0 Å². The zero-order valence-corrected chi connectivity index (χ0v) is 17.0. The predicted octanol–water partition coefficient (Wildman–Crippen LogP) is 3.67. The van der Waals surface area contributed by atoms with Crippen LogP contribution in [0.25, 0.3) is 11.4 Å². The van der Waals surface area contributed by atoms with Crippen LogP contribution in [-0.4, -0.2) is 31.5 Å². The van der Waals surface area contributed by atoms with Crippen molar-refractivity contribution in [1.29, 1.82) is 5.26 Å². The van der Waals surface area contributed by atoms with Gasteiger partial charge in [-0.05, 0) is 31.9 Å². The standard InChI is InChI=1S/C18H22ClN5OS/c1-11(2)18(4,10-20)21-16(25)12(3)26-17-23-22-15(24(17)5)13-8-6-7-9-14(13)19/h6-9,11-12H,1-5H3,(H,21,25). The van der Waals surface area contributed by atoms with Gasteiger partial charge in [-0.15, -0.1) is 10.2 Å². The van der Waals surface area contributed by atoms with Crippen LogP contribution in [0, 0.1) is 17.2 Å². The van der Waals surface area contributed by atoms with Gasteiger partial charge in [0.25, 0.3) is 0 Å². The Balaban J connectivity index is 2.16. The van der Waals surface area contributed by atoms with Gasteiger partial charge in [-0.25, -0.2) is 0 Å². The number of thioether (sulfide) groups is 1. The number of halogens is 1. The molecule has 138 valence electrons. The van der Waals surface area contributed by atoms with Crippen LogP contribution in [0.1, 0.15) is 27.7 Å². The molecule has 0 saturated heterocycles. The summed E-state index contributed by atoms with van der Waals surface area (Å²) in [5, 5.41) is 21.3. The number of rotatable bonds is 6. The summed E-state index contributed by atoms with van der Waals surface area (Å²) in [5.41, 5.74) is -0.126. The second kappa shape index (κ2) is 8.11. The van der Waals surface area contributed by atoms with E-state index >= 15 is 0 Å². The Labute approximate surface area is 162 Å². The quantitative estimate of drug-likeness (QED) is 0.759. The Hall–Kier alpha value is -2.04. The minimum absolute atomic E-state index is 0.00435. The Morgan fingerprint density at radius 2 is 2.00 bits per heavy atom. The highest BCUT2D eigenvalue weighted by Gasteiger charge is 2.32. The van der Waals surface area contributed by atoms with Gasteiger partial charge >= 0.3 is 0 Å². The maximum Gasteiger partial charge on any atom is 0.234 e. The van der Waals surface area contributed by atoms with Gasteiger partial charge in [0.1, 0.15) is 5.54 Å². The summed E-state index contributed by atoms with van der Waals surface area (Å²) >= 11 is 7.52. The van der Waals surface area contributed by atoms with Crippen molar-refractivity contribution in [3.8, 4) is 17.5 Å². The molecule has 0 aliphatic heterocycles. The molecule has 0 fully saturated rings. The molecule has 1 aromatic heterocycles. The third-order valence-corrected chi connectivity index (χ3v) is 5.83. The molecule has 1 amide bonds. The SMILES string of the molecule is CC(Sc1nnc(-c2ccccc2Cl)n1C)C(=O)NC(C)(C#N)C(C)C. The summed E-state index contributed by atoms with van der Waals surface area (Å²) in [6.45, 7) is 7.31. The molecule has 6 nitrogen and oxygen atoms in total. The highest BCUT2D eigenvalue weighted by molar-refractivity contribution is 8.00. The molecule has 8 heteroatoms. The Bertz CT molecular complexity index is 844. The van der Waals surface area contributed by atoms with Crippen molar-refractivity contribution >= 4 is 29.3 Å². The van der Waals surface area contributed by atoms with Crippen LogP contribution >= 0.6 is 23.4 Å². The van der Waals surface area contributed by atoms with E-state index in [1.165, 1.54) is 11.8 Å². The van der Waals surface area contributed by atoms with Crippen molar-refractivity contribution < 1.29 is 4.79 Å². The Morgan fingerprint density at radius 1 is 1.35 bits per heavy atom. The Morgan fingerprint density at radius 3 is 2.58 bits per heavy atom. The molecule has 0 spiro atoms. The van der Waals surface area contributed by atoms with Crippen LogP contribution in [0.3, 0.4) is 0 Å². The summed E-state index contributed by atoms with van der Waals surface area (Å²) in [6.07, 6.45) is 0. The molecule has 0 aliphatic carbocycles. The molecule has 2 unspecified atom stereocenters. The van der Waals surface area contributed by atoms with E-state index in [0.29, 0.717) is 16.0 Å². The van der Waals surface area contributed by atoms with Crippen LogP contribution in [-0.2, 0) is 11.8 Å². The van der Waals surface area contributed by atoms with E-state index in [0.717, 1.165) is 5.56 Å². The normalized spacial score (nSPS) is 14.5. The fourth-order valence-electron chi connectivity index (χ4n) is 2.17. The number of nitrogens with zero attached hydrogens (tertiary/aromatic N) is 4. The fourth-order valence-corrected chi connectivity index (χ4v) is 3.20. The first-order valence-corrected chi connectivity index (χ1v) is 9.49. The average Bonchev–Trinajstić information content (AvgIpc) is 2.95. The molecule has 2 atom stereocenters. The third-order valence-electron chi connectivity index (χ3n) is 4.37. The van der Waals surface area contributed by atoms with E-state index in [2.05, 4.69) is 21.6 Å². The number of carbonyl (C=O) groups is 1. The number of nitriles is 1. The van der Waals surface area contributed by atoms with Crippen LogP contribution in [0.15, 0.2) is 29.4 Å². The number of amides is 1. The second-order valence-electron chi connectivity index (χ2n) is 6.56. The molecule has 2 rings (SSSR count). The van der Waals surface area contributed by atoms with Gasteiger partial charge in [0.05, 0.1) is 16.3 Å². The molecular formula is C18H22ClN5OS. The smallest absolute Gasteiger partial charge is 0.234 e. The molecule has 1 aromatic carbocycles. The van der Waals surface area contributed by atoms with Crippen molar-refractivity contribution in [3.05, 3.63) is 29.3 Å². The molecule has 2 aromatic rings. The van der Waals surface area contributed by atoms with E-state index in [4.69, 9.17) is 11.6 Å². The summed E-state index contributed by atoms with van der Waals surface area (Å²) in [7, 11) is 1.83. The first kappa shape index (κ1) is 20.3. The molecule has 1 heterocycles. The highest BCUT2D eigenvalue weighted by Crippen LogP contribution is 2.30. The number of nitrogens with one attached hydrogen (secondary N) is 1. The lowest BCUT2D eigenvalue weighted by molar-refractivity contribution is -0.121. The number of benzene rings is 1. The van der Waals surface area contributed by atoms with E-state index in [9.17, 15) is 10.1 Å². The van der Waals surface area contributed by atoms with Gasteiger partial charge in [-0.2, -0.15) is 5.26 Å². The second-order valence-corrected chi connectivity index (χ2v) is 8.28. The molecule has 26 heavy (non-hydrogen) atoms. The number of hydrogen-bond donors (Lipinski definition) is 1.